The number of carbonyl (C=O) groups is 1. The number of ether oxygens (including phenoxy) is 2. The number of pyridine rings is 1. The van der Waals surface area contributed by atoms with Gasteiger partial charge in [0.1, 0.15) is 23.8 Å². The van der Waals surface area contributed by atoms with Crippen LogP contribution in [0.15, 0.2) is 72.8 Å². The number of carboxylic acid groups (broad SMARTS) is 1. The lowest BCUT2D eigenvalue weighted by molar-refractivity contribution is 0.0697. The minimum atomic E-state index is -1.24. The number of hydrogen-bond acceptors (Lipinski definition) is 7. The standard InChI is InChI=1S/C36H31FN4O5/c1-36(2,44)14-13-25-18-26(30-5-4-6-34(40-30)46-22-28-8-7-23(21-38)17-29(28)37)10-9-24(25)20-33-39-31-12-11-27(35(42)43)19-32(31)41(33)15-16-45-3/h4-12,17-19,44H,15-16,20,22H2,1-3H3,(H,42,43). The number of fused-ring (bicyclic) bond motifs is 1. The molecule has 0 saturated heterocycles. The highest BCUT2D eigenvalue weighted by Crippen LogP contribution is 2.27. The van der Waals surface area contributed by atoms with Gasteiger partial charge in [-0.3, -0.25) is 0 Å². The third-order valence-electron chi connectivity index (χ3n) is 7.13. The van der Waals surface area contributed by atoms with Crippen molar-refractivity contribution in [2.45, 2.75) is 39.0 Å². The Bertz CT molecular complexity index is 2030. The average Bonchev–Trinajstić information content (AvgIpc) is 3.38. The predicted octanol–water partition coefficient (Wildman–Crippen LogP) is 5.75. The molecule has 0 aliphatic rings. The summed E-state index contributed by atoms with van der Waals surface area (Å²) in [6.45, 7) is 4.02. The van der Waals surface area contributed by atoms with Crippen LogP contribution in [-0.4, -0.2) is 50.0 Å². The maximum Gasteiger partial charge on any atom is 0.335 e. The summed E-state index contributed by atoms with van der Waals surface area (Å²) in [5.74, 6) is 5.46. The van der Waals surface area contributed by atoms with E-state index in [1.165, 1.54) is 24.3 Å². The molecule has 232 valence electrons. The number of rotatable bonds is 10. The van der Waals surface area contributed by atoms with Gasteiger partial charge in [-0.1, -0.05) is 36.1 Å². The molecule has 0 aliphatic carbocycles. The van der Waals surface area contributed by atoms with Crippen molar-refractivity contribution in [3.63, 3.8) is 0 Å². The average molecular weight is 619 g/mol. The second-order valence-corrected chi connectivity index (χ2v) is 11.1. The molecule has 5 rings (SSSR count). The Hall–Kier alpha value is -5.55. The summed E-state index contributed by atoms with van der Waals surface area (Å²) in [6, 6.07) is 21.9. The van der Waals surface area contributed by atoms with Gasteiger partial charge in [-0.25, -0.2) is 19.2 Å². The Morgan fingerprint density at radius 3 is 2.57 bits per heavy atom. The van der Waals surface area contributed by atoms with E-state index in [-0.39, 0.29) is 17.7 Å². The highest BCUT2D eigenvalue weighted by molar-refractivity contribution is 5.92. The zero-order valence-electron chi connectivity index (χ0n) is 25.5. The van der Waals surface area contributed by atoms with E-state index in [1.54, 1.807) is 45.2 Å². The topological polar surface area (TPSA) is 130 Å². The first-order valence-electron chi connectivity index (χ1n) is 14.4. The van der Waals surface area contributed by atoms with E-state index in [0.29, 0.717) is 59.1 Å². The molecular formula is C36H31FN4O5. The predicted molar refractivity (Wildman–Crippen MR) is 170 cm³/mol. The monoisotopic (exact) mass is 618 g/mol. The molecular weight excluding hydrogens is 587 g/mol. The van der Waals surface area contributed by atoms with Gasteiger partial charge in [0.05, 0.1) is 40.5 Å². The van der Waals surface area contributed by atoms with E-state index in [0.717, 1.165) is 11.1 Å². The van der Waals surface area contributed by atoms with Crippen LogP contribution in [0.3, 0.4) is 0 Å². The lowest BCUT2D eigenvalue weighted by atomic mass is 9.98. The molecule has 0 radical (unpaired) electrons. The summed E-state index contributed by atoms with van der Waals surface area (Å²) >= 11 is 0. The van der Waals surface area contributed by atoms with Gasteiger partial charge in [0.2, 0.25) is 5.88 Å². The summed E-state index contributed by atoms with van der Waals surface area (Å²) in [5.41, 5.74) is 3.66. The van der Waals surface area contributed by atoms with E-state index in [1.807, 2.05) is 34.9 Å². The molecule has 2 N–H and O–H groups in total. The number of carboxylic acids is 1. The summed E-state index contributed by atoms with van der Waals surface area (Å²) in [6.07, 6.45) is 0.379. The maximum atomic E-state index is 14.4. The Labute approximate surface area is 265 Å². The molecule has 0 amide bonds. The van der Waals surface area contributed by atoms with Crippen LogP contribution >= 0.6 is 0 Å². The van der Waals surface area contributed by atoms with Gasteiger partial charge < -0.3 is 24.3 Å². The quantitative estimate of drug-likeness (QED) is 0.189. The van der Waals surface area contributed by atoms with Crippen molar-refractivity contribution >= 4 is 17.0 Å². The maximum absolute atomic E-state index is 14.4. The van der Waals surface area contributed by atoms with Gasteiger partial charge in [0.15, 0.2) is 0 Å². The van der Waals surface area contributed by atoms with Crippen LogP contribution in [0.2, 0.25) is 0 Å². The number of aromatic nitrogens is 3. The first-order chi connectivity index (χ1) is 22.0. The number of methoxy groups -OCH3 is 1. The van der Waals surface area contributed by atoms with E-state index in [9.17, 15) is 19.4 Å². The van der Waals surface area contributed by atoms with Crippen LogP contribution in [0.5, 0.6) is 5.88 Å². The minimum absolute atomic E-state index is 0.0622. The largest absolute Gasteiger partial charge is 0.478 e. The van der Waals surface area contributed by atoms with Crippen LogP contribution in [0.25, 0.3) is 22.3 Å². The van der Waals surface area contributed by atoms with E-state index in [4.69, 9.17) is 19.7 Å². The van der Waals surface area contributed by atoms with Crippen molar-refractivity contribution in [2.75, 3.05) is 13.7 Å². The molecule has 10 heteroatoms. The molecule has 0 atom stereocenters. The van der Waals surface area contributed by atoms with Gasteiger partial charge in [-0.2, -0.15) is 5.26 Å². The van der Waals surface area contributed by atoms with Crippen molar-refractivity contribution in [2.24, 2.45) is 0 Å². The summed E-state index contributed by atoms with van der Waals surface area (Å²) in [7, 11) is 1.60. The Morgan fingerprint density at radius 1 is 1.04 bits per heavy atom. The zero-order chi connectivity index (χ0) is 32.8. The number of imidazole rings is 1. The number of nitrogens with zero attached hydrogens (tertiary/aromatic N) is 4. The smallest absolute Gasteiger partial charge is 0.335 e. The number of aromatic carboxylic acids is 1. The van der Waals surface area contributed by atoms with Crippen LogP contribution < -0.4 is 4.74 Å². The number of hydrogen-bond donors (Lipinski definition) is 2. The van der Waals surface area contributed by atoms with Crippen molar-refractivity contribution in [1.29, 1.82) is 5.26 Å². The first-order valence-corrected chi connectivity index (χ1v) is 14.4. The van der Waals surface area contributed by atoms with Crippen molar-refractivity contribution in [3.8, 4) is 35.0 Å². The fraction of sp³-hybridized carbons (Fsp3) is 0.222. The second-order valence-electron chi connectivity index (χ2n) is 11.1. The van der Waals surface area contributed by atoms with Gasteiger partial charge in [-0.15, -0.1) is 0 Å². The molecule has 2 aromatic heterocycles. The molecule has 0 aliphatic heterocycles. The minimum Gasteiger partial charge on any atom is -0.478 e. The normalized spacial score (nSPS) is 11.1. The summed E-state index contributed by atoms with van der Waals surface area (Å²) in [5, 5.41) is 28.9. The fourth-order valence-electron chi connectivity index (χ4n) is 4.81. The highest BCUT2D eigenvalue weighted by Gasteiger charge is 2.17. The molecule has 5 aromatic rings. The summed E-state index contributed by atoms with van der Waals surface area (Å²) < 4.78 is 27.4. The second kappa shape index (κ2) is 13.6. The first kappa shape index (κ1) is 31.9. The third-order valence-corrected chi connectivity index (χ3v) is 7.13. The lowest BCUT2D eigenvalue weighted by Crippen LogP contribution is -2.14. The molecule has 46 heavy (non-hydrogen) atoms. The van der Waals surface area contributed by atoms with Gasteiger partial charge in [0, 0.05) is 42.8 Å². The molecule has 0 unspecified atom stereocenters. The molecule has 0 bridgehead atoms. The third kappa shape index (κ3) is 7.56. The lowest BCUT2D eigenvalue weighted by Gasteiger charge is -2.13. The molecule has 0 fully saturated rings. The van der Waals surface area contributed by atoms with Crippen molar-refractivity contribution in [1.82, 2.24) is 14.5 Å². The number of aliphatic hydroxyl groups is 1. The van der Waals surface area contributed by atoms with E-state index in [2.05, 4.69) is 16.8 Å². The molecule has 9 nitrogen and oxygen atoms in total. The molecule has 0 saturated carbocycles. The van der Waals surface area contributed by atoms with E-state index < -0.39 is 17.4 Å². The Morgan fingerprint density at radius 2 is 1.85 bits per heavy atom. The number of nitriles is 1. The van der Waals surface area contributed by atoms with Gasteiger partial charge in [-0.05, 0) is 61.9 Å². The van der Waals surface area contributed by atoms with Crippen LogP contribution in [0, 0.1) is 29.0 Å². The van der Waals surface area contributed by atoms with Crippen LogP contribution in [-0.2, 0) is 24.3 Å². The van der Waals surface area contributed by atoms with Gasteiger partial charge in [0.25, 0.3) is 0 Å². The van der Waals surface area contributed by atoms with Gasteiger partial charge >= 0.3 is 5.97 Å². The molecule has 0 spiro atoms. The molecule has 2 heterocycles. The number of benzene rings is 3. The fourth-order valence-corrected chi connectivity index (χ4v) is 4.81. The Balaban J connectivity index is 1.48. The van der Waals surface area contributed by atoms with Crippen LogP contribution in [0.1, 0.15) is 52.3 Å². The van der Waals surface area contributed by atoms with Crippen LogP contribution in [0.4, 0.5) is 4.39 Å². The SMILES string of the molecule is COCCn1c(Cc2ccc(-c3cccc(OCc4ccc(C#N)cc4F)n3)cc2C#CC(C)(C)O)nc2ccc(C(=O)O)cc21. The zero-order valence-corrected chi connectivity index (χ0v) is 25.5. The van der Waals surface area contributed by atoms with Crippen molar-refractivity contribution < 1.29 is 28.9 Å². The number of halogens is 1. The highest BCUT2D eigenvalue weighted by atomic mass is 19.1. The Kier molecular flexibility index (Phi) is 9.43. The summed E-state index contributed by atoms with van der Waals surface area (Å²) in [4.78, 5) is 21.1. The molecule has 3 aromatic carbocycles. The van der Waals surface area contributed by atoms with E-state index >= 15 is 0 Å². The van der Waals surface area contributed by atoms with Crippen molar-refractivity contribution in [3.05, 3.63) is 112 Å².